The summed E-state index contributed by atoms with van der Waals surface area (Å²) in [7, 11) is 1.53. The molecule has 0 amide bonds. The highest BCUT2D eigenvalue weighted by molar-refractivity contribution is 8.00. The summed E-state index contributed by atoms with van der Waals surface area (Å²) in [6.45, 7) is 5.50. The van der Waals surface area contributed by atoms with Crippen molar-refractivity contribution in [2.75, 3.05) is 32.8 Å². The Morgan fingerprint density at radius 1 is 1.12 bits per heavy atom. The first kappa shape index (κ1) is 26.4. The fourth-order valence-corrected chi connectivity index (χ4v) is 8.53. The van der Waals surface area contributed by atoms with E-state index in [0.717, 1.165) is 16.7 Å². The van der Waals surface area contributed by atoms with Gasteiger partial charge < -0.3 is 34.1 Å². The molecule has 12 heteroatoms. The molecule has 4 bridgehead atoms. The van der Waals surface area contributed by atoms with Gasteiger partial charge in [-0.2, -0.15) is 0 Å². The number of aromatic hydroxyl groups is 1. The molecule has 5 aliphatic rings. The van der Waals surface area contributed by atoms with Crippen molar-refractivity contribution in [3.05, 3.63) is 44.8 Å². The normalized spacial score (nSPS) is 27.9. The van der Waals surface area contributed by atoms with Gasteiger partial charge in [-0.25, -0.2) is 4.79 Å². The Bertz CT molecular complexity index is 1520. The average molecular weight is 582 g/mol. The molecule has 0 saturated carbocycles. The fourth-order valence-electron chi connectivity index (χ4n) is 7.17. The molecule has 2 saturated heterocycles. The van der Waals surface area contributed by atoms with Gasteiger partial charge in [0.25, 0.3) is 0 Å². The highest BCUT2D eigenvalue weighted by Crippen LogP contribution is 2.63. The van der Waals surface area contributed by atoms with Crippen LogP contribution in [0.4, 0.5) is 0 Å². The first-order chi connectivity index (χ1) is 19.7. The summed E-state index contributed by atoms with van der Waals surface area (Å²) >= 11 is 1.28. The number of carbonyl (C=O) groups excluding carboxylic acids is 3. The van der Waals surface area contributed by atoms with Gasteiger partial charge in [0, 0.05) is 34.9 Å². The molecule has 1 N–H and O–H groups in total. The zero-order chi connectivity index (χ0) is 28.7. The van der Waals surface area contributed by atoms with Crippen LogP contribution < -0.4 is 18.9 Å². The Kier molecular flexibility index (Phi) is 6.14. The van der Waals surface area contributed by atoms with Crippen molar-refractivity contribution in [2.24, 2.45) is 0 Å². The van der Waals surface area contributed by atoms with E-state index in [4.69, 9.17) is 29.0 Å². The summed E-state index contributed by atoms with van der Waals surface area (Å²) in [6, 6.07) is 0.583. The zero-order valence-corrected chi connectivity index (χ0v) is 23.8. The lowest BCUT2D eigenvalue weighted by Crippen LogP contribution is -2.58. The standard InChI is InChI=1S/C29H29N2O9S/c1-11-5-14-6-15-7-31-16-8-37-29(35)17(33)9-41-28(22(31)21(30-15)18(14)23(34)24(11)36-4)20-19(16)27-26(38-10-39-27)12(2)25(20)40-13(3)32/h5,15-16,21-22,28,34H,6-10H2,1-4H3/q-1/t15?,16-,21?,22?,28+/m0/s1. The van der Waals surface area contributed by atoms with Gasteiger partial charge in [-0.1, -0.05) is 12.1 Å². The molecule has 216 valence electrons. The summed E-state index contributed by atoms with van der Waals surface area (Å²) in [4.78, 5) is 40.0. The molecule has 5 aliphatic heterocycles. The molecule has 11 nitrogen and oxygen atoms in total. The molecule has 0 aliphatic carbocycles. The van der Waals surface area contributed by atoms with Crippen LogP contribution in [0.3, 0.4) is 0 Å². The topological polar surface area (TPSA) is 135 Å². The summed E-state index contributed by atoms with van der Waals surface area (Å²) in [6.07, 6.45) is 0.632. The Labute approximate surface area is 240 Å². The van der Waals surface area contributed by atoms with Gasteiger partial charge in [0.05, 0.1) is 18.9 Å². The predicted octanol–water partition coefficient (Wildman–Crippen LogP) is 3.35. The van der Waals surface area contributed by atoms with Crippen LogP contribution in [-0.2, 0) is 25.5 Å². The fraction of sp³-hybridized carbons (Fsp3) is 0.483. The number of nitrogens with zero attached hydrogens (tertiary/aromatic N) is 2. The molecule has 2 aromatic carbocycles. The van der Waals surface area contributed by atoms with Crippen molar-refractivity contribution in [2.45, 2.75) is 56.6 Å². The molecule has 5 heterocycles. The van der Waals surface area contributed by atoms with Gasteiger partial charge in [-0.3, -0.25) is 14.5 Å². The van der Waals surface area contributed by atoms with Crippen molar-refractivity contribution in [3.63, 3.8) is 0 Å². The minimum absolute atomic E-state index is 0.000648. The van der Waals surface area contributed by atoms with Crippen molar-refractivity contribution in [1.29, 1.82) is 0 Å². The summed E-state index contributed by atoms with van der Waals surface area (Å²) in [5.41, 5.74) is 4.57. The van der Waals surface area contributed by atoms with Crippen molar-refractivity contribution in [1.82, 2.24) is 4.90 Å². The number of ketones is 1. The highest BCUT2D eigenvalue weighted by Gasteiger charge is 2.52. The number of piperazine rings is 1. The number of hydrogen-bond acceptors (Lipinski definition) is 11. The van der Waals surface area contributed by atoms with Gasteiger partial charge >= 0.3 is 11.9 Å². The Morgan fingerprint density at radius 3 is 2.66 bits per heavy atom. The quantitative estimate of drug-likeness (QED) is 0.318. The number of hydrogen-bond donors (Lipinski definition) is 1. The second-order valence-electron chi connectivity index (χ2n) is 11.0. The maximum absolute atomic E-state index is 12.8. The highest BCUT2D eigenvalue weighted by atomic mass is 32.2. The van der Waals surface area contributed by atoms with Gasteiger partial charge in [-0.05, 0) is 43.5 Å². The van der Waals surface area contributed by atoms with Gasteiger partial charge in [0.1, 0.15) is 12.4 Å². The number of methoxy groups -OCH3 is 1. The van der Waals surface area contributed by atoms with E-state index in [0.29, 0.717) is 52.7 Å². The SMILES string of the molecule is COc1c(C)cc2c(c1O)C1[N-]C(C2)CN2C1[C@@H]1SCC(=O)C(=O)OC[C@H]2c2c3c(c(C)c(OC(C)=O)c21)OCO3. The number of thioether (sulfide) groups is 1. The van der Waals surface area contributed by atoms with Crippen molar-refractivity contribution < 1.29 is 43.2 Å². The third kappa shape index (κ3) is 3.84. The minimum atomic E-state index is -0.880. The van der Waals surface area contributed by atoms with Crippen molar-refractivity contribution >= 4 is 29.5 Å². The molecule has 3 unspecified atom stereocenters. The van der Waals surface area contributed by atoms with E-state index < -0.39 is 35.1 Å². The van der Waals surface area contributed by atoms with Crippen LogP contribution in [0.15, 0.2) is 6.07 Å². The number of Topliss-reactive ketones (excluding diaryl/α,β-unsaturated/α-hetero) is 1. The molecular formula is C29H29N2O9S-. The second kappa shape index (κ2) is 9.53. The van der Waals surface area contributed by atoms with E-state index >= 15 is 0 Å². The third-order valence-corrected chi connectivity index (χ3v) is 9.96. The lowest BCUT2D eigenvalue weighted by molar-refractivity contribution is -0.155. The second-order valence-corrected chi connectivity index (χ2v) is 12.1. The number of aryl methyl sites for hydroxylation is 1. The Hall–Kier alpha value is -3.48. The van der Waals surface area contributed by atoms with Crippen LogP contribution in [0.5, 0.6) is 28.7 Å². The molecule has 41 heavy (non-hydrogen) atoms. The number of esters is 2. The summed E-state index contributed by atoms with van der Waals surface area (Å²) < 4.78 is 28.9. The number of benzene rings is 2. The molecule has 0 spiro atoms. The first-order valence-corrected chi connectivity index (χ1v) is 14.5. The maximum Gasteiger partial charge on any atom is 0.375 e. The van der Waals surface area contributed by atoms with E-state index in [9.17, 15) is 19.5 Å². The third-order valence-electron chi connectivity index (χ3n) is 8.66. The number of phenols is 1. The number of rotatable bonds is 2. The molecule has 5 atom stereocenters. The molecule has 0 radical (unpaired) electrons. The van der Waals surface area contributed by atoms with Crippen LogP contribution in [-0.4, -0.2) is 72.6 Å². The lowest BCUT2D eigenvalue weighted by atomic mass is 9.74. The minimum Gasteiger partial charge on any atom is -0.650 e. The molecule has 2 aromatic rings. The lowest BCUT2D eigenvalue weighted by Gasteiger charge is -2.63. The molecular weight excluding hydrogens is 552 g/mol. The number of phenolic OH excluding ortho intramolecular Hbond substituents is 1. The van der Waals surface area contributed by atoms with Gasteiger partial charge in [0.15, 0.2) is 23.0 Å². The van der Waals surface area contributed by atoms with E-state index in [-0.39, 0.29) is 37.0 Å². The van der Waals surface area contributed by atoms with E-state index in [1.54, 1.807) is 0 Å². The van der Waals surface area contributed by atoms with Crippen LogP contribution in [0, 0.1) is 13.8 Å². The molecule has 0 aromatic heterocycles. The molecule has 2 fully saturated rings. The molecule has 7 rings (SSSR count). The van der Waals surface area contributed by atoms with E-state index in [1.807, 2.05) is 13.8 Å². The average Bonchev–Trinajstić information content (AvgIpc) is 3.42. The number of fused-ring (bicyclic) bond motifs is 9. The van der Waals surface area contributed by atoms with Crippen molar-refractivity contribution in [3.8, 4) is 28.7 Å². The maximum atomic E-state index is 12.8. The van der Waals surface area contributed by atoms with Crippen LogP contribution in [0.2, 0.25) is 0 Å². The van der Waals surface area contributed by atoms with Crippen LogP contribution >= 0.6 is 11.8 Å². The van der Waals surface area contributed by atoms with E-state index in [2.05, 4.69) is 11.0 Å². The zero-order valence-electron chi connectivity index (χ0n) is 23.0. The summed E-state index contributed by atoms with van der Waals surface area (Å²) in [5, 5.41) is 16.2. The number of carbonyl (C=O) groups is 3. The number of ether oxygens (including phenoxy) is 5. The Balaban J connectivity index is 1.50. The first-order valence-electron chi connectivity index (χ1n) is 13.5. The van der Waals surface area contributed by atoms with E-state index in [1.165, 1.54) is 25.8 Å². The van der Waals surface area contributed by atoms with Gasteiger partial charge in [0.2, 0.25) is 12.6 Å². The van der Waals surface area contributed by atoms with Crippen LogP contribution in [0.1, 0.15) is 57.6 Å². The predicted molar refractivity (Wildman–Crippen MR) is 146 cm³/mol. The monoisotopic (exact) mass is 581 g/mol. The summed E-state index contributed by atoms with van der Waals surface area (Å²) in [5.74, 6) is -0.350. The van der Waals surface area contributed by atoms with Gasteiger partial charge in [-0.15, -0.1) is 17.8 Å². The smallest absolute Gasteiger partial charge is 0.375 e. The largest absolute Gasteiger partial charge is 0.650 e. The number of cyclic esters (lactones) is 1. The Morgan fingerprint density at radius 2 is 1.90 bits per heavy atom. The van der Waals surface area contributed by atoms with Crippen LogP contribution in [0.25, 0.3) is 5.32 Å².